The van der Waals surface area contributed by atoms with Gasteiger partial charge in [-0.15, -0.1) is 0 Å². The van der Waals surface area contributed by atoms with Crippen molar-refractivity contribution in [2.24, 2.45) is 0 Å². The molecule has 0 aliphatic heterocycles. The summed E-state index contributed by atoms with van der Waals surface area (Å²) >= 11 is 0. The molecular formula is C14H20N2O6. The van der Waals surface area contributed by atoms with Crippen LogP contribution >= 0.6 is 0 Å². The van der Waals surface area contributed by atoms with Gasteiger partial charge < -0.3 is 19.3 Å². The number of ether oxygens (including phenoxy) is 2. The molecule has 0 heterocycles. The lowest BCUT2D eigenvalue weighted by Gasteiger charge is -2.12. The topological polar surface area (TPSA) is 93.2 Å². The summed E-state index contributed by atoms with van der Waals surface area (Å²) in [4.78, 5) is 46.0. The molecule has 0 aromatic heterocycles. The van der Waals surface area contributed by atoms with Crippen LogP contribution in [0.2, 0.25) is 0 Å². The summed E-state index contributed by atoms with van der Waals surface area (Å²) in [7, 11) is 0. The van der Waals surface area contributed by atoms with Crippen LogP contribution < -0.4 is 0 Å². The van der Waals surface area contributed by atoms with E-state index in [1.54, 1.807) is 0 Å². The Bertz CT molecular complexity index is 356. The lowest BCUT2D eigenvalue weighted by molar-refractivity contribution is -0.152. The molecule has 8 heteroatoms. The van der Waals surface area contributed by atoms with Crippen LogP contribution in [0.25, 0.3) is 0 Å². The second-order valence-corrected chi connectivity index (χ2v) is 3.99. The Hall–Kier alpha value is -2.64. The number of carbonyl (C=O) groups excluding carboxylic acids is 4. The second-order valence-electron chi connectivity index (χ2n) is 3.99. The summed E-state index contributed by atoms with van der Waals surface area (Å²) in [5.41, 5.74) is 0. The first-order valence-electron chi connectivity index (χ1n) is 6.55. The van der Waals surface area contributed by atoms with Crippen LogP contribution in [0, 0.1) is 0 Å². The highest BCUT2D eigenvalue weighted by molar-refractivity contribution is 5.71. The Morgan fingerprint density at radius 2 is 1.18 bits per heavy atom. The van der Waals surface area contributed by atoms with Gasteiger partial charge in [0.05, 0.1) is 12.8 Å². The average molecular weight is 312 g/mol. The Labute approximate surface area is 128 Å². The number of rotatable bonds is 13. The first kappa shape index (κ1) is 19.4. The Morgan fingerprint density at radius 1 is 0.818 bits per heavy atom. The molecule has 0 aromatic carbocycles. The van der Waals surface area contributed by atoms with Crippen molar-refractivity contribution < 1.29 is 28.7 Å². The van der Waals surface area contributed by atoms with Crippen molar-refractivity contribution in [3.63, 3.8) is 0 Å². The fourth-order valence-corrected chi connectivity index (χ4v) is 1.27. The summed E-state index contributed by atoms with van der Waals surface area (Å²) in [6.07, 6.45) is 3.74. The number of hydrogen-bond acceptors (Lipinski definition) is 6. The third-order valence-electron chi connectivity index (χ3n) is 2.50. The summed E-state index contributed by atoms with van der Waals surface area (Å²) < 4.78 is 9.65. The molecule has 0 aromatic rings. The summed E-state index contributed by atoms with van der Waals surface area (Å²) in [5, 5.41) is 0. The molecule has 0 saturated heterocycles. The first-order valence-corrected chi connectivity index (χ1v) is 6.55. The first-order chi connectivity index (χ1) is 10.6. The van der Waals surface area contributed by atoms with Crippen LogP contribution in [-0.2, 0) is 28.7 Å². The van der Waals surface area contributed by atoms with Crippen LogP contribution in [0.5, 0.6) is 0 Å². The van der Waals surface area contributed by atoms with Crippen molar-refractivity contribution >= 4 is 24.8 Å². The van der Waals surface area contributed by atoms with Gasteiger partial charge in [0.15, 0.2) is 0 Å². The predicted octanol–water partition coefficient (Wildman–Crippen LogP) is 0.0568. The van der Waals surface area contributed by atoms with Gasteiger partial charge in [-0.2, -0.15) is 0 Å². The molecular weight excluding hydrogens is 292 g/mol. The zero-order chi connectivity index (χ0) is 16.8. The highest BCUT2D eigenvalue weighted by Gasteiger charge is 2.08. The van der Waals surface area contributed by atoms with Crippen LogP contribution in [0.1, 0.15) is 12.8 Å². The Morgan fingerprint density at radius 3 is 1.45 bits per heavy atom. The third-order valence-corrected chi connectivity index (χ3v) is 2.50. The zero-order valence-electron chi connectivity index (χ0n) is 12.3. The summed E-state index contributed by atoms with van der Waals surface area (Å²) in [5.74, 6) is -1.02. The standard InChI is InChI=1S/C14H20N2O6/c1-3-15(11-17)7-5-13(19)21-9-10-22-14(20)6-8-16(4-2)12-18/h3-4,11-12H,1-2,5-10H2. The predicted molar refractivity (Wildman–Crippen MR) is 77.1 cm³/mol. The molecule has 0 atom stereocenters. The number of hydrogen-bond donors (Lipinski definition) is 0. The summed E-state index contributed by atoms with van der Waals surface area (Å²) in [6, 6.07) is 0. The molecule has 0 spiro atoms. The minimum absolute atomic E-state index is 0.0202. The van der Waals surface area contributed by atoms with E-state index >= 15 is 0 Å². The van der Waals surface area contributed by atoms with Crippen molar-refractivity contribution in [3.8, 4) is 0 Å². The summed E-state index contributed by atoms with van der Waals surface area (Å²) in [6.45, 7) is 7.01. The van der Waals surface area contributed by atoms with Crippen molar-refractivity contribution in [3.05, 3.63) is 25.6 Å². The van der Waals surface area contributed by atoms with Crippen molar-refractivity contribution in [1.82, 2.24) is 9.80 Å². The normalized spacial score (nSPS) is 9.27. The second kappa shape index (κ2) is 12.1. The largest absolute Gasteiger partial charge is 0.462 e. The molecule has 0 bridgehead atoms. The van der Waals surface area contributed by atoms with Crippen molar-refractivity contribution in [1.29, 1.82) is 0 Å². The molecule has 0 radical (unpaired) electrons. The molecule has 0 N–H and O–H groups in total. The lowest BCUT2D eigenvalue weighted by atomic mass is 10.4. The van der Waals surface area contributed by atoms with Gasteiger partial charge in [-0.05, 0) is 12.4 Å². The number of esters is 2. The van der Waals surface area contributed by atoms with E-state index in [4.69, 9.17) is 9.47 Å². The lowest BCUT2D eigenvalue weighted by Crippen LogP contribution is -2.22. The van der Waals surface area contributed by atoms with Crippen LogP contribution in [0.4, 0.5) is 0 Å². The van der Waals surface area contributed by atoms with Gasteiger partial charge >= 0.3 is 11.9 Å². The van der Waals surface area contributed by atoms with Gasteiger partial charge in [-0.3, -0.25) is 19.2 Å². The molecule has 0 unspecified atom stereocenters. The van der Waals surface area contributed by atoms with E-state index in [1.165, 1.54) is 22.2 Å². The molecule has 0 aliphatic carbocycles. The van der Waals surface area contributed by atoms with Gasteiger partial charge in [0.1, 0.15) is 13.2 Å². The molecule has 2 amide bonds. The smallest absolute Gasteiger partial charge is 0.307 e. The maximum Gasteiger partial charge on any atom is 0.307 e. The highest BCUT2D eigenvalue weighted by Crippen LogP contribution is 1.94. The van der Waals surface area contributed by atoms with Gasteiger partial charge in [-0.1, -0.05) is 13.2 Å². The minimum Gasteiger partial charge on any atom is -0.462 e. The molecule has 8 nitrogen and oxygen atoms in total. The number of amides is 2. The number of carbonyl (C=O) groups is 4. The third kappa shape index (κ3) is 9.29. The monoisotopic (exact) mass is 312 g/mol. The fourth-order valence-electron chi connectivity index (χ4n) is 1.27. The van der Waals surface area contributed by atoms with E-state index < -0.39 is 11.9 Å². The Kier molecular flexibility index (Phi) is 10.7. The number of nitrogens with zero attached hydrogens (tertiary/aromatic N) is 2. The van der Waals surface area contributed by atoms with Gasteiger partial charge in [-0.25, -0.2) is 0 Å². The van der Waals surface area contributed by atoms with Crippen LogP contribution in [0.15, 0.2) is 25.6 Å². The highest BCUT2D eigenvalue weighted by atomic mass is 16.6. The van der Waals surface area contributed by atoms with Crippen LogP contribution in [0.3, 0.4) is 0 Å². The van der Waals surface area contributed by atoms with Gasteiger partial charge in [0, 0.05) is 13.1 Å². The molecule has 0 fully saturated rings. The molecule has 0 rings (SSSR count). The van der Waals surface area contributed by atoms with E-state index in [2.05, 4.69) is 13.2 Å². The zero-order valence-corrected chi connectivity index (χ0v) is 12.3. The van der Waals surface area contributed by atoms with Crippen molar-refractivity contribution in [2.45, 2.75) is 12.8 Å². The van der Waals surface area contributed by atoms with E-state index in [-0.39, 0.29) is 39.1 Å². The minimum atomic E-state index is -0.511. The van der Waals surface area contributed by atoms with Crippen LogP contribution in [-0.4, -0.2) is 60.9 Å². The van der Waals surface area contributed by atoms with Crippen molar-refractivity contribution in [2.75, 3.05) is 26.3 Å². The molecule has 122 valence electrons. The van der Waals surface area contributed by atoms with Gasteiger partial charge in [0.25, 0.3) is 0 Å². The maximum absolute atomic E-state index is 11.3. The maximum atomic E-state index is 11.3. The fraction of sp³-hybridized carbons (Fsp3) is 0.429. The van der Waals surface area contributed by atoms with E-state index in [0.717, 1.165) is 0 Å². The van der Waals surface area contributed by atoms with Gasteiger partial charge in [0.2, 0.25) is 12.8 Å². The molecule has 0 saturated carbocycles. The average Bonchev–Trinajstić information content (AvgIpc) is 2.53. The Balaban J connectivity index is 3.70. The molecule has 22 heavy (non-hydrogen) atoms. The van der Waals surface area contributed by atoms with E-state index in [0.29, 0.717) is 12.8 Å². The quantitative estimate of drug-likeness (QED) is 0.271. The van der Waals surface area contributed by atoms with E-state index in [9.17, 15) is 19.2 Å². The SMILES string of the molecule is C=CN(C=O)CCC(=O)OCCOC(=O)CCN(C=C)C=O. The van der Waals surface area contributed by atoms with E-state index in [1.807, 2.05) is 0 Å². The molecule has 0 aliphatic rings.